The van der Waals surface area contributed by atoms with Gasteiger partial charge in [-0.05, 0) is 19.3 Å². The maximum absolute atomic E-state index is 11.1. The Balaban J connectivity index is 4.49. The average Bonchev–Trinajstić information content (AvgIpc) is 1.54. The molecule has 0 N–H and O–H groups in total. The summed E-state index contributed by atoms with van der Waals surface area (Å²) < 4.78 is 0. The second-order valence-corrected chi connectivity index (χ2v) is 3.64. The Bertz CT molecular complexity index is 149. The Hall–Kier alpha value is -0.465. The molecular formula is C8H16BNO. The van der Waals surface area contributed by atoms with Gasteiger partial charge in [0.25, 0.3) is 0 Å². The second-order valence-electron chi connectivity index (χ2n) is 3.64. The van der Waals surface area contributed by atoms with E-state index in [0.717, 1.165) is 0 Å². The van der Waals surface area contributed by atoms with Crippen LogP contribution in [0, 0.1) is 0 Å². The monoisotopic (exact) mass is 153 g/mol. The molecule has 0 aromatic carbocycles. The van der Waals surface area contributed by atoms with Crippen LogP contribution < -0.4 is 0 Å². The van der Waals surface area contributed by atoms with Crippen molar-refractivity contribution >= 4 is 13.8 Å². The summed E-state index contributed by atoms with van der Waals surface area (Å²) >= 11 is 0. The fourth-order valence-corrected chi connectivity index (χ4v) is 1.43. The summed E-state index contributed by atoms with van der Waals surface area (Å²) in [5.74, 6) is 0.0208. The predicted molar refractivity (Wildman–Crippen MR) is 47.5 cm³/mol. The van der Waals surface area contributed by atoms with Crippen LogP contribution in [-0.4, -0.2) is 30.1 Å². The lowest BCUT2D eigenvalue weighted by atomic mass is 9.79. The maximum atomic E-state index is 11.1. The fraction of sp³-hybridized carbons (Fsp3) is 0.875. The minimum Gasteiger partial charge on any atom is -0.344 e. The molecule has 62 valence electrons. The number of hydrogen-bond donors (Lipinski definition) is 0. The van der Waals surface area contributed by atoms with E-state index in [0.29, 0.717) is 0 Å². The van der Waals surface area contributed by atoms with Gasteiger partial charge >= 0.3 is 0 Å². The molecule has 0 aliphatic carbocycles. The summed E-state index contributed by atoms with van der Waals surface area (Å²) in [6.45, 7) is 9.10. The SMILES string of the molecule is [B]C(C)(C)N(C(C)=O)C(C)C. The van der Waals surface area contributed by atoms with Crippen molar-refractivity contribution in [2.45, 2.75) is 46.1 Å². The van der Waals surface area contributed by atoms with E-state index in [1.54, 1.807) is 4.90 Å². The lowest BCUT2D eigenvalue weighted by Gasteiger charge is -2.38. The number of hydrogen-bond acceptors (Lipinski definition) is 1. The molecule has 0 unspecified atom stereocenters. The Morgan fingerprint density at radius 3 is 1.82 bits per heavy atom. The first-order valence-electron chi connectivity index (χ1n) is 3.85. The molecule has 0 aromatic rings. The Morgan fingerprint density at radius 1 is 1.45 bits per heavy atom. The van der Waals surface area contributed by atoms with E-state index in [9.17, 15) is 4.79 Å². The molecule has 3 heteroatoms. The minimum absolute atomic E-state index is 0.0208. The number of nitrogens with zero attached hydrogens (tertiary/aromatic N) is 1. The van der Waals surface area contributed by atoms with Crippen LogP contribution in [0.5, 0.6) is 0 Å². The first-order valence-corrected chi connectivity index (χ1v) is 3.85. The summed E-state index contributed by atoms with van der Waals surface area (Å²) in [7, 11) is 5.79. The highest BCUT2D eigenvalue weighted by Crippen LogP contribution is 2.13. The van der Waals surface area contributed by atoms with E-state index in [4.69, 9.17) is 7.85 Å². The smallest absolute Gasteiger partial charge is 0.219 e. The zero-order valence-corrected chi connectivity index (χ0v) is 8.01. The molecule has 0 heterocycles. The van der Waals surface area contributed by atoms with E-state index >= 15 is 0 Å². The lowest BCUT2D eigenvalue weighted by Crippen LogP contribution is -2.50. The summed E-state index contributed by atoms with van der Waals surface area (Å²) in [6.07, 6.45) is 0. The molecule has 11 heavy (non-hydrogen) atoms. The van der Waals surface area contributed by atoms with Gasteiger partial charge in [0.15, 0.2) is 0 Å². The third kappa shape index (κ3) is 2.96. The first-order chi connectivity index (χ1) is 4.76. The van der Waals surface area contributed by atoms with Gasteiger partial charge in [-0.3, -0.25) is 4.79 Å². The zero-order chi connectivity index (χ0) is 9.23. The van der Waals surface area contributed by atoms with Crippen molar-refractivity contribution in [1.29, 1.82) is 0 Å². The standard InChI is InChI=1S/C8H16BNO/c1-6(2)10(7(3)11)8(4,5)9/h6H,1-5H3. The third-order valence-electron chi connectivity index (χ3n) is 1.48. The molecule has 0 atom stereocenters. The van der Waals surface area contributed by atoms with Crippen LogP contribution in [-0.2, 0) is 4.79 Å². The quantitative estimate of drug-likeness (QED) is 0.545. The molecule has 2 radical (unpaired) electrons. The highest BCUT2D eigenvalue weighted by Gasteiger charge is 2.25. The molecule has 1 amide bonds. The number of rotatable bonds is 2. The minimum atomic E-state index is -0.556. The van der Waals surface area contributed by atoms with Gasteiger partial charge in [0.1, 0.15) is 7.85 Å². The number of amides is 1. The van der Waals surface area contributed by atoms with Crippen LogP contribution in [0.15, 0.2) is 0 Å². The van der Waals surface area contributed by atoms with Gasteiger partial charge in [0.2, 0.25) is 5.91 Å². The van der Waals surface area contributed by atoms with Gasteiger partial charge in [0.05, 0.1) is 0 Å². The fourth-order valence-electron chi connectivity index (χ4n) is 1.43. The third-order valence-corrected chi connectivity index (χ3v) is 1.48. The van der Waals surface area contributed by atoms with E-state index in [1.165, 1.54) is 6.92 Å². The van der Waals surface area contributed by atoms with Crippen LogP contribution in [0.3, 0.4) is 0 Å². The highest BCUT2D eigenvalue weighted by molar-refractivity contribution is 6.15. The molecule has 0 bridgehead atoms. The Morgan fingerprint density at radius 2 is 1.82 bits per heavy atom. The average molecular weight is 153 g/mol. The normalized spacial score (nSPS) is 11.8. The Kier molecular flexibility index (Phi) is 3.15. The topological polar surface area (TPSA) is 20.3 Å². The van der Waals surface area contributed by atoms with Gasteiger partial charge in [-0.2, -0.15) is 0 Å². The van der Waals surface area contributed by atoms with Crippen molar-refractivity contribution in [3.05, 3.63) is 0 Å². The zero-order valence-electron chi connectivity index (χ0n) is 8.01. The first kappa shape index (κ1) is 10.5. The maximum Gasteiger partial charge on any atom is 0.219 e. The van der Waals surface area contributed by atoms with Crippen molar-refractivity contribution in [3.63, 3.8) is 0 Å². The molecule has 2 nitrogen and oxygen atoms in total. The van der Waals surface area contributed by atoms with Crippen molar-refractivity contribution in [3.8, 4) is 0 Å². The predicted octanol–water partition coefficient (Wildman–Crippen LogP) is 1.15. The number of carbonyl (C=O) groups excluding carboxylic acids is 1. The molecule has 0 aliphatic heterocycles. The highest BCUT2D eigenvalue weighted by atomic mass is 16.2. The van der Waals surface area contributed by atoms with Crippen LogP contribution >= 0.6 is 0 Å². The second kappa shape index (κ2) is 3.29. The molecular weight excluding hydrogens is 137 g/mol. The van der Waals surface area contributed by atoms with Crippen LogP contribution in [0.25, 0.3) is 0 Å². The van der Waals surface area contributed by atoms with Crippen molar-refractivity contribution in [1.82, 2.24) is 4.90 Å². The lowest BCUT2D eigenvalue weighted by molar-refractivity contribution is -0.133. The molecule has 0 spiro atoms. The largest absolute Gasteiger partial charge is 0.344 e. The van der Waals surface area contributed by atoms with Gasteiger partial charge in [0, 0.05) is 13.0 Å². The van der Waals surface area contributed by atoms with Gasteiger partial charge in [-0.1, -0.05) is 13.8 Å². The summed E-state index contributed by atoms with van der Waals surface area (Å²) in [5, 5.41) is 0. The van der Waals surface area contributed by atoms with Gasteiger partial charge in [-0.25, -0.2) is 0 Å². The van der Waals surface area contributed by atoms with E-state index in [-0.39, 0.29) is 11.9 Å². The molecule has 0 saturated carbocycles. The van der Waals surface area contributed by atoms with Crippen molar-refractivity contribution in [2.75, 3.05) is 0 Å². The van der Waals surface area contributed by atoms with Crippen LogP contribution in [0.2, 0.25) is 0 Å². The molecule has 0 aromatic heterocycles. The summed E-state index contributed by atoms with van der Waals surface area (Å²) in [5.41, 5.74) is -0.556. The van der Waals surface area contributed by atoms with E-state index < -0.39 is 5.44 Å². The van der Waals surface area contributed by atoms with Gasteiger partial charge < -0.3 is 4.90 Å². The summed E-state index contributed by atoms with van der Waals surface area (Å²) in [6, 6.07) is 0.160. The summed E-state index contributed by atoms with van der Waals surface area (Å²) in [4.78, 5) is 12.7. The number of carbonyl (C=O) groups is 1. The Labute approximate surface area is 70.4 Å². The van der Waals surface area contributed by atoms with Crippen LogP contribution in [0.4, 0.5) is 0 Å². The molecule has 0 saturated heterocycles. The van der Waals surface area contributed by atoms with Crippen molar-refractivity contribution in [2.24, 2.45) is 0 Å². The van der Waals surface area contributed by atoms with E-state index in [1.807, 2.05) is 27.7 Å². The van der Waals surface area contributed by atoms with E-state index in [2.05, 4.69) is 0 Å². The molecule has 0 fully saturated rings. The van der Waals surface area contributed by atoms with Crippen molar-refractivity contribution < 1.29 is 4.79 Å². The molecule has 0 aliphatic rings. The molecule has 0 rings (SSSR count). The van der Waals surface area contributed by atoms with Crippen LogP contribution in [0.1, 0.15) is 34.6 Å². The van der Waals surface area contributed by atoms with Gasteiger partial charge in [-0.15, -0.1) is 0 Å².